The molecule has 0 N–H and O–H groups in total. The smallest absolute Gasteiger partial charge is 0.309 e. The first-order valence-electron chi connectivity index (χ1n) is 6.78. The summed E-state index contributed by atoms with van der Waals surface area (Å²) in [7, 11) is 0. The van der Waals surface area contributed by atoms with E-state index in [0.717, 1.165) is 31.4 Å². The predicted molar refractivity (Wildman–Crippen MR) is 75.8 cm³/mol. The number of thiazole rings is 1. The molecule has 0 aliphatic heterocycles. The number of ether oxygens (including phenoxy) is 1. The highest BCUT2D eigenvalue weighted by Crippen LogP contribution is 2.26. The topological polar surface area (TPSA) is 60.7 Å². The van der Waals surface area contributed by atoms with Crippen LogP contribution in [0.1, 0.15) is 37.1 Å². The zero-order valence-corrected chi connectivity index (χ0v) is 12.1. The summed E-state index contributed by atoms with van der Waals surface area (Å²) in [5, 5.41) is 1.89. The molecular weight excluding hydrogens is 276 g/mol. The monoisotopic (exact) mass is 292 g/mol. The maximum absolute atomic E-state index is 12.0. The number of aryl methyl sites for hydroxylation is 1. The van der Waals surface area contributed by atoms with Gasteiger partial charge in [-0.1, -0.05) is 12.8 Å². The molecule has 0 spiro atoms. The minimum absolute atomic E-state index is 0.0313. The van der Waals surface area contributed by atoms with Gasteiger partial charge in [0.15, 0.2) is 4.96 Å². The molecule has 0 unspecified atom stereocenters. The first kappa shape index (κ1) is 13.3. The zero-order valence-electron chi connectivity index (χ0n) is 11.3. The maximum Gasteiger partial charge on any atom is 0.309 e. The molecule has 0 atom stereocenters. The molecule has 0 saturated heterocycles. The Bertz CT molecular complexity index is 698. The maximum atomic E-state index is 12.0. The lowest BCUT2D eigenvalue weighted by molar-refractivity contribution is -0.149. The minimum atomic E-state index is -0.160. The van der Waals surface area contributed by atoms with Gasteiger partial charge in [-0.3, -0.25) is 14.0 Å². The van der Waals surface area contributed by atoms with Crippen molar-refractivity contribution >= 4 is 22.3 Å². The summed E-state index contributed by atoms with van der Waals surface area (Å²) in [5.74, 6) is -0.129. The van der Waals surface area contributed by atoms with Crippen LogP contribution in [0.3, 0.4) is 0 Å². The van der Waals surface area contributed by atoms with Crippen LogP contribution in [-0.2, 0) is 16.1 Å². The molecule has 20 heavy (non-hydrogen) atoms. The second kappa shape index (κ2) is 5.36. The van der Waals surface area contributed by atoms with Crippen molar-refractivity contribution < 1.29 is 9.53 Å². The molecule has 1 saturated carbocycles. The molecule has 1 fully saturated rings. The minimum Gasteiger partial charge on any atom is -0.459 e. The standard InChI is InChI=1S/C14H16N2O3S/c1-9-8-20-14-15-11(6-12(17)16(9)14)7-19-13(18)10-4-2-3-5-10/h6,8,10H,2-5,7H2,1H3. The van der Waals surface area contributed by atoms with E-state index in [-0.39, 0.29) is 24.1 Å². The van der Waals surface area contributed by atoms with E-state index in [1.807, 2.05) is 12.3 Å². The SMILES string of the molecule is Cc1csc2nc(COC(=O)C3CCCC3)cc(=O)n12. The first-order chi connectivity index (χ1) is 9.65. The van der Waals surface area contributed by atoms with Crippen molar-refractivity contribution in [3.8, 4) is 0 Å². The van der Waals surface area contributed by atoms with E-state index in [9.17, 15) is 9.59 Å². The number of rotatable bonds is 3. The van der Waals surface area contributed by atoms with E-state index in [4.69, 9.17) is 4.74 Å². The third-order valence-corrected chi connectivity index (χ3v) is 4.62. The summed E-state index contributed by atoms with van der Waals surface area (Å²) in [5.41, 5.74) is 1.26. The summed E-state index contributed by atoms with van der Waals surface area (Å²) in [6.45, 7) is 1.95. The first-order valence-corrected chi connectivity index (χ1v) is 7.66. The van der Waals surface area contributed by atoms with Crippen LogP contribution in [-0.4, -0.2) is 15.4 Å². The third-order valence-electron chi connectivity index (χ3n) is 3.68. The molecular formula is C14H16N2O3S. The molecule has 2 aromatic rings. The number of hydrogen-bond donors (Lipinski definition) is 0. The molecule has 1 aliphatic carbocycles. The average Bonchev–Trinajstić information content (AvgIpc) is 3.06. The van der Waals surface area contributed by atoms with Crippen LogP contribution in [0, 0.1) is 12.8 Å². The van der Waals surface area contributed by atoms with Gasteiger partial charge in [0.1, 0.15) is 6.61 Å². The fourth-order valence-electron chi connectivity index (χ4n) is 2.60. The Balaban J connectivity index is 1.74. The van der Waals surface area contributed by atoms with Crippen LogP contribution in [0.15, 0.2) is 16.2 Å². The van der Waals surface area contributed by atoms with Crippen molar-refractivity contribution in [3.63, 3.8) is 0 Å². The van der Waals surface area contributed by atoms with Crippen molar-refractivity contribution in [3.05, 3.63) is 33.2 Å². The molecule has 0 bridgehead atoms. The Morgan fingerprint density at radius 2 is 2.25 bits per heavy atom. The highest BCUT2D eigenvalue weighted by molar-refractivity contribution is 7.15. The Morgan fingerprint density at radius 1 is 1.50 bits per heavy atom. The lowest BCUT2D eigenvalue weighted by Crippen LogP contribution is -2.18. The van der Waals surface area contributed by atoms with Crippen LogP contribution in [0.5, 0.6) is 0 Å². The summed E-state index contributed by atoms with van der Waals surface area (Å²) in [6.07, 6.45) is 4.02. The summed E-state index contributed by atoms with van der Waals surface area (Å²) < 4.78 is 6.84. The van der Waals surface area contributed by atoms with Gasteiger partial charge in [0, 0.05) is 17.1 Å². The van der Waals surface area contributed by atoms with Crippen molar-refractivity contribution in [2.45, 2.75) is 39.2 Å². The van der Waals surface area contributed by atoms with Gasteiger partial charge < -0.3 is 4.74 Å². The van der Waals surface area contributed by atoms with Crippen molar-refractivity contribution in [2.24, 2.45) is 5.92 Å². The highest BCUT2D eigenvalue weighted by atomic mass is 32.1. The summed E-state index contributed by atoms with van der Waals surface area (Å²) in [4.78, 5) is 28.8. The molecule has 6 heteroatoms. The van der Waals surface area contributed by atoms with Gasteiger partial charge >= 0.3 is 5.97 Å². The molecule has 2 aromatic heterocycles. The van der Waals surface area contributed by atoms with Crippen LogP contribution in [0.2, 0.25) is 0 Å². The van der Waals surface area contributed by atoms with Gasteiger partial charge in [-0.25, -0.2) is 4.98 Å². The largest absolute Gasteiger partial charge is 0.459 e. The average molecular weight is 292 g/mol. The van der Waals surface area contributed by atoms with Gasteiger partial charge in [0.05, 0.1) is 11.6 Å². The van der Waals surface area contributed by atoms with Crippen molar-refractivity contribution in [2.75, 3.05) is 0 Å². The third kappa shape index (κ3) is 2.47. The van der Waals surface area contributed by atoms with E-state index >= 15 is 0 Å². The Morgan fingerprint density at radius 3 is 3.00 bits per heavy atom. The molecule has 3 rings (SSSR count). The number of hydrogen-bond acceptors (Lipinski definition) is 5. The van der Waals surface area contributed by atoms with Crippen molar-refractivity contribution in [1.82, 2.24) is 9.38 Å². The molecule has 106 valence electrons. The van der Waals surface area contributed by atoms with Crippen LogP contribution >= 0.6 is 11.3 Å². The zero-order chi connectivity index (χ0) is 14.1. The molecule has 0 aromatic carbocycles. The Hall–Kier alpha value is -1.69. The van der Waals surface area contributed by atoms with Gasteiger partial charge in [-0.15, -0.1) is 11.3 Å². The van der Waals surface area contributed by atoms with Crippen molar-refractivity contribution in [1.29, 1.82) is 0 Å². The van der Waals surface area contributed by atoms with E-state index < -0.39 is 0 Å². The van der Waals surface area contributed by atoms with E-state index in [1.165, 1.54) is 17.4 Å². The van der Waals surface area contributed by atoms with Gasteiger partial charge in [-0.05, 0) is 19.8 Å². The number of nitrogens with zero attached hydrogens (tertiary/aromatic N) is 2. The number of fused-ring (bicyclic) bond motifs is 1. The lowest BCUT2D eigenvalue weighted by atomic mass is 10.1. The van der Waals surface area contributed by atoms with Crippen LogP contribution < -0.4 is 5.56 Å². The van der Waals surface area contributed by atoms with Crippen LogP contribution in [0.4, 0.5) is 0 Å². The fourth-order valence-corrected chi connectivity index (χ4v) is 3.49. The fraction of sp³-hybridized carbons (Fsp3) is 0.500. The van der Waals surface area contributed by atoms with Gasteiger partial charge in [-0.2, -0.15) is 0 Å². The van der Waals surface area contributed by atoms with E-state index in [2.05, 4.69) is 4.98 Å². The number of esters is 1. The summed E-state index contributed by atoms with van der Waals surface area (Å²) in [6, 6.07) is 1.44. The second-order valence-corrected chi connectivity index (χ2v) is 6.01. The van der Waals surface area contributed by atoms with Crippen LogP contribution in [0.25, 0.3) is 4.96 Å². The normalized spacial score (nSPS) is 15.8. The number of aromatic nitrogens is 2. The van der Waals surface area contributed by atoms with E-state index in [1.54, 1.807) is 4.40 Å². The molecule has 1 aliphatic rings. The summed E-state index contributed by atoms with van der Waals surface area (Å²) >= 11 is 1.41. The predicted octanol–water partition coefficient (Wildman–Crippen LogP) is 2.30. The quantitative estimate of drug-likeness (QED) is 0.814. The Kier molecular flexibility index (Phi) is 3.56. The number of carbonyl (C=O) groups is 1. The molecule has 2 heterocycles. The molecule has 0 radical (unpaired) electrons. The molecule has 0 amide bonds. The highest BCUT2D eigenvalue weighted by Gasteiger charge is 2.24. The second-order valence-electron chi connectivity index (χ2n) is 5.17. The van der Waals surface area contributed by atoms with Gasteiger partial charge in [0.25, 0.3) is 5.56 Å². The Labute approximate surface area is 120 Å². The molecule has 5 nitrogen and oxygen atoms in total. The lowest BCUT2D eigenvalue weighted by Gasteiger charge is -2.09. The van der Waals surface area contributed by atoms with E-state index in [0.29, 0.717) is 10.7 Å². The number of carbonyl (C=O) groups excluding carboxylic acids is 1. The van der Waals surface area contributed by atoms with Gasteiger partial charge in [0.2, 0.25) is 0 Å².